The molecule has 1 heterocycles. The summed E-state index contributed by atoms with van der Waals surface area (Å²) >= 11 is 1.12. The minimum absolute atomic E-state index is 0.0210. The Morgan fingerprint density at radius 1 is 1.13 bits per heavy atom. The average molecular weight is 443 g/mol. The van der Waals surface area contributed by atoms with Gasteiger partial charge in [0, 0.05) is 10.9 Å². The number of aromatic carboxylic acids is 1. The molecule has 30 heavy (non-hydrogen) atoms. The zero-order valence-corrected chi connectivity index (χ0v) is 18.0. The number of carbonyl (C=O) groups is 1. The van der Waals surface area contributed by atoms with E-state index in [9.17, 15) is 13.2 Å². The van der Waals surface area contributed by atoms with Gasteiger partial charge < -0.3 is 9.84 Å². The number of aromatic nitrogens is 1. The molecule has 0 bridgehead atoms. The van der Waals surface area contributed by atoms with E-state index in [1.807, 2.05) is 32.0 Å². The lowest BCUT2D eigenvalue weighted by molar-refractivity contribution is 0.0696. The molecule has 0 unspecified atom stereocenters. The van der Waals surface area contributed by atoms with Gasteiger partial charge in [-0.15, -0.1) is 11.3 Å². The predicted molar refractivity (Wildman–Crippen MR) is 115 cm³/mol. The van der Waals surface area contributed by atoms with Gasteiger partial charge in [0.2, 0.25) is 0 Å². The van der Waals surface area contributed by atoms with Crippen LogP contribution in [0.2, 0.25) is 0 Å². The fraction of sp³-hybridized carbons (Fsp3) is 0.143. The number of rotatable bonds is 5. The summed E-state index contributed by atoms with van der Waals surface area (Å²) in [4.78, 5) is 15.2. The Morgan fingerprint density at radius 2 is 1.90 bits per heavy atom. The normalized spacial score (nSPS) is 10.8. The van der Waals surface area contributed by atoms with Crippen molar-refractivity contribution in [2.45, 2.75) is 18.9 Å². The summed E-state index contributed by atoms with van der Waals surface area (Å²) in [7, 11) is -2.68. The first-order valence-corrected chi connectivity index (χ1v) is 11.0. The summed E-state index contributed by atoms with van der Waals surface area (Å²) in [6.45, 7) is 4.01. The number of nitrogens with one attached hydrogen (secondary N) is 1. The highest BCUT2D eigenvalue weighted by molar-refractivity contribution is 7.92. The molecule has 0 aliphatic rings. The monoisotopic (exact) mass is 442 g/mol. The third kappa shape index (κ3) is 4.79. The summed E-state index contributed by atoms with van der Waals surface area (Å²) in [5.74, 6) is 4.81. The Labute approximate surface area is 178 Å². The van der Waals surface area contributed by atoms with E-state index in [0.717, 1.165) is 22.5 Å². The first-order chi connectivity index (χ1) is 14.2. The molecule has 0 atom stereocenters. The van der Waals surface area contributed by atoms with Gasteiger partial charge in [0.25, 0.3) is 10.0 Å². The molecule has 3 aromatic rings. The lowest BCUT2D eigenvalue weighted by atomic mass is 10.1. The lowest BCUT2D eigenvalue weighted by Gasteiger charge is -2.11. The average Bonchev–Trinajstić information content (AvgIpc) is 3.19. The van der Waals surface area contributed by atoms with E-state index in [1.54, 1.807) is 0 Å². The molecule has 0 fully saturated rings. The maximum atomic E-state index is 12.7. The fourth-order valence-electron chi connectivity index (χ4n) is 2.49. The van der Waals surface area contributed by atoms with Gasteiger partial charge in [0.15, 0.2) is 10.0 Å². The number of aryl methyl sites for hydroxylation is 2. The molecule has 0 saturated heterocycles. The zero-order chi connectivity index (χ0) is 21.9. The number of benzene rings is 2. The van der Waals surface area contributed by atoms with Crippen molar-refractivity contribution in [2.75, 3.05) is 11.8 Å². The molecule has 0 aliphatic heterocycles. The highest BCUT2D eigenvalue weighted by atomic mass is 32.2. The van der Waals surface area contributed by atoms with Crippen molar-refractivity contribution in [3.05, 3.63) is 69.0 Å². The maximum Gasteiger partial charge on any atom is 0.335 e. The minimum Gasteiger partial charge on any atom is -0.495 e. The number of sulfonamides is 1. The van der Waals surface area contributed by atoms with Crippen molar-refractivity contribution in [3.63, 3.8) is 0 Å². The van der Waals surface area contributed by atoms with E-state index in [2.05, 4.69) is 21.5 Å². The summed E-state index contributed by atoms with van der Waals surface area (Å²) in [5, 5.41) is 10.6. The number of thiazole rings is 1. The van der Waals surface area contributed by atoms with Gasteiger partial charge in [-0.25, -0.2) is 9.78 Å². The number of nitrogens with zero attached hydrogens (tertiary/aromatic N) is 1. The van der Waals surface area contributed by atoms with Crippen LogP contribution in [0.25, 0.3) is 0 Å². The highest BCUT2D eigenvalue weighted by Gasteiger charge is 2.20. The quantitative estimate of drug-likeness (QED) is 0.584. The Bertz CT molecular complexity index is 1280. The van der Waals surface area contributed by atoms with Crippen molar-refractivity contribution in [1.82, 2.24) is 4.98 Å². The molecule has 0 aliphatic carbocycles. The third-order valence-electron chi connectivity index (χ3n) is 4.27. The van der Waals surface area contributed by atoms with Crippen LogP contribution in [0, 0.1) is 25.7 Å². The number of methoxy groups -OCH3 is 1. The Morgan fingerprint density at radius 3 is 2.57 bits per heavy atom. The lowest BCUT2D eigenvalue weighted by Crippen LogP contribution is -2.14. The molecule has 9 heteroatoms. The van der Waals surface area contributed by atoms with Crippen LogP contribution in [0.4, 0.5) is 5.69 Å². The molecule has 154 valence electrons. The molecule has 2 aromatic carbocycles. The van der Waals surface area contributed by atoms with E-state index in [1.165, 1.54) is 36.3 Å². The molecule has 1 aromatic heterocycles. The molecule has 3 rings (SSSR count). The largest absolute Gasteiger partial charge is 0.495 e. The fourth-order valence-corrected chi connectivity index (χ4v) is 4.50. The van der Waals surface area contributed by atoms with Crippen LogP contribution in [-0.4, -0.2) is 31.6 Å². The first kappa shape index (κ1) is 21.4. The summed E-state index contributed by atoms with van der Waals surface area (Å²) < 4.78 is 32.8. The highest BCUT2D eigenvalue weighted by Crippen LogP contribution is 2.28. The molecule has 0 amide bonds. The van der Waals surface area contributed by atoms with Crippen LogP contribution >= 0.6 is 11.3 Å². The van der Waals surface area contributed by atoms with Crippen LogP contribution in [0.3, 0.4) is 0 Å². The Hall–Kier alpha value is -3.35. The van der Waals surface area contributed by atoms with Crippen LogP contribution in [0.5, 0.6) is 5.75 Å². The number of hydrogen-bond donors (Lipinski definition) is 2. The molecular weight excluding hydrogens is 424 g/mol. The topological polar surface area (TPSA) is 106 Å². The molecule has 0 saturated carbocycles. The summed E-state index contributed by atoms with van der Waals surface area (Å²) in [5.41, 5.74) is 3.20. The molecule has 7 nitrogen and oxygen atoms in total. The predicted octanol–water partition coefficient (Wildman–Crippen LogP) is 3.67. The van der Waals surface area contributed by atoms with E-state index in [-0.39, 0.29) is 22.0 Å². The summed E-state index contributed by atoms with van der Waals surface area (Å²) in [6.07, 6.45) is 0. The van der Waals surface area contributed by atoms with Gasteiger partial charge in [-0.2, -0.15) is 8.42 Å². The van der Waals surface area contributed by atoms with Crippen molar-refractivity contribution in [1.29, 1.82) is 0 Å². The SMILES string of the molecule is COc1cc(C(=O)O)ccc1NS(=O)(=O)c1csc(C#Cc2ccc(C)c(C)c2)n1. The van der Waals surface area contributed by atoms with Crippen LogP contribution in [0.1, 0.15) is 32.1 Å². The van der Waals surface area contributed by atoms with Crippen LogP contribution in [0.15, 0.2) is 46.8 Å². The van der Waals surface area contributed by atoms with Gasteiger partial charge in [0.05, 0.1) is 18.4 Å². The molecule has 0 radical (unpaired) electrons. The van der Waals surface area contributed by atoms with Crippen molar-refractivity contribution < 1.29 is 23.1 Å². The Kier molecular flexibility index (Phi) is 6.10. The van der Waals surface area contributed by atoms with Crippen molar-refractivity contribution >= 4 is 33.0 Å². The molecule has 0 spiro atoms. The smallest absolute Gasteiger partial charge is 0.335 e. The van der Waals surface area contributed by atoms with E-state index < -0.39 is 16.0 Å². The number of carboxylic acid groups (broad SMARTS) is 1. The second-order valence-electron chi connectivity index (χ2n) is 6.37. The van der Waals surface area contributed by atoms with Crippen molar-refractivity contribution in [2.24, 2.45) is 0 Å². The summed E-state index contributed by atoms with van der Waals surface area (Å²) in [6, 6.07) is 9.68. The first-order valence-electron chi connectivity index (χ1n) is 8.68. The second kappa shape index (κ2) is 8.57. The van der Waals surface area contributed by atoms with E-state index in [0.29, 0.717) is 5.01 Å². The van der Waals surface area contributed by atoms with E-state index >= 15 is 0 Å². The molecular formula is C21H18N2O5S2. The molecule has 2 N–H and O–H groups in total. The number of carboxylic acids is 1. The zero-order valence-electron chi connectivity index (χ0n) is 16.4. The third-order valence-corrected chi connectivity index (χ3v) is 6.43. The second-order valence-corrected chi connectivity index (χ2v) is 8.85. The Balaban J connectivity index is 1.83. The van der Waals surface area contributed by atoms with Gasteiger partial charge in [-0.05, 0) is 61.2 Å². The standard InChI is InChI=1S/C21H18N2O5S2/c1-13-4-5-15(10-14(13)2)6-9-19-22-20(12-29-19)30(26,27)23-17-8-7-16(21(24)25)11-18(17)28-3/h4-5,7-8,10-12,23H,1-3H3,(H,24,25). The minimum atomic E-state index is -4.00. The van der Waals surface area contributed by atoms with E-state index in [4.69, 9.17) is 9.84 Å². The van der Waals surface area contributed by atoms with Crippen LogP contribution < -0.4 is 9.46 Å². The maximum absolute atomic E-state index is 12.7. The number of ether oxygens (including phenoxy) is 1. The van der Waals surface area contributed by atoms with Gasteiger partial charge >= 0.3 is 5.97 Å². The number of anilines is 1. The van der Waals surface area contributed by atoms with Crippen molar-refractivity contribution in [3.8, 4) is 17.6 Å². The number of hydrogen-bond acceptors (Lipinski definition) is 6. The van der Waals surface area contributed by atoms with Gasteiger partial charge in [-0.3, -0.25) is 4.72 Å². The van der Waals surface area contributed by atoms with Crippen LogP contribution in [-0.2, 0) is 10.0 Å². The van der Waals surface area contributed by atoms with Gasteiger partial charge in [0.1, 0.15) is 5.75 Å². The van der Waals surface area contributed by atoms with Gasteiger partial charge in [-0.1, -0.05) is 12.0 Å².